The predicted molar refractivity (Wildman–Crippen MR) is 137 cm³/mol. The number of benzene rings is 2. The van der Waals surface area contributed by atoms with E-state index >= 15 is 0 Å². The lowest BCUT2D eigenvalue weighted by Gasteiger charge is -2.27. The maximum absolute atomic E-state index is 12.1. The van der Waals surface area contributed by atoms with E-state index in [0.29, 0.717) is 41.1 Å². The molecule has 184 valence electrons. The van der Waals surface area contributed by atoms with Gasteiger partial charge in [0.05, 0.1) is 11.9 Å². The summed E-state index contributed by atoms with van der Waals surface area (Å²) in [7, 11) is 0. The number of anilines is 5. The van der Waals surface area contributed by atoms with Crippen molar-refractivity contribution in [2.45, 2.75) is 26.8 Å². The SMILES string of the molecule is CC(=O)N1CCC(=O)NCc2cc(Nc3ncc(Cl)c(Nc4c(C)cccc4OCC#N)n3)ccc21. The molecular weight excluding hydrogens is 482 g/mol. The fourth-order valence-corrected chi connectivity index (χ4v) is 3.94. The van der Waals surface area contributed by atoms with Crippen LogP contribution in [0.15, 0.2) is 42.6 Å². The van der Waals surface area contributed by atoms with Crippen molar-refractivity contribution >= 4 is 52.2 Å². The normalized spacial score (nSPS) is 12.9. The summed E-state index contributed by atoms with van der Waals surface area (Å²) in [5, 5.41) is 18.4. The number of fused-ring (bicyclic) bond motifs is 1. The highest BCUT2D eigenvalue weighted by atomic mass is 35.5. The van der Waals surface area contributed by atoms with Crippen molar-refractivity contribution in [1.82, 2.24) is 15.3 Å². The molecule has 0 fully saturated rings. The van der Waals surface area contributed by atoms with E-state index in [4.69, 9.17) is 21.6 Å². The number of hydrogen-bond donors (Lipinski definition) is 3. The fourth-order valence-electron chi connectivity index (χ4n) is 3.81. The van der Waals surface area contributed by atoms with Gasteiger partial charge in [0.2, 0.25) is 17.8 Å². The van der Waals surface area contributed by atoms with Crippen LogP contribution in [0.25, 0.3) is 0 Å². The first kappa shape index (κ1) is 24.8. The quantitative estimate of drug-likeness (QED) is 0.454. The Morgan fingerprint density at radius 1 is 1.31 bits per heavy atom. The maximum atomic E-state index is 12.1. The van der Waals surface area contributed by atoms with Gasteiger partial charge in [0.25, 0.3) is 0 Å². The van der Waals surface area contributed by atoms with Crippen LogP contribution in [-0.4, -0.2) is 34.9 Å². The van der Waals surface area contributed by atoms with Gasteiger partial charge in [0.1, 0.15) is 16.8 Å². The lowest BCUT2D eigenvalue weighted by molar-refractivity contribution is -0.121. The summed E-state index contributed by atoms with van der Waals surface area (Å²) in [6.07, 6.45) is 1.72. The molecule has 0 aliphatic carbocycles. The molecule has 10 nitrogen and oxygen atoms in total. The molecule has 1 aromatic heterocycles. The summed E-state index contributed by atoms with van der Waals surface area (Å²) in [5.41, 5.74) is 3.73. The van der Waals surface area contributed by atoms with Crippen molar-refractivity contribution in [2.75, 3.05) is 28.7 Å². The molecule has 2 heterocycles. The van der Waals surface area contributed by atoms with Crippen molar-refractivity contribution in [3.05, 3.63) is 58.7 Å². The molecular formula is C25H24ClN7O3. The summed E-state index contributed by atoms with van der Waals surface area (Å²) < 4.78 is 5.53. The third-order valence-electron chi connectivity index (χ3n) is 5.56. The molecule has 0 bridgehead atoms. The number of ether oxygens (including phenoxy) is 1. The summed E-state index contributed by atoms with van der Waals surface area (Å²) >= 11 is 6.36. The molecule has 11 heteroatoms. The number of hydrogen-bond acceptors (Lipinski definition) is 8. The van der Waals surface area contributed by atoms with Gasteiger partial charge >= 0.3 is 0 Å². The number of carbonyl (C=O) groups is 2. The smallest absolute Gasteiger partial charge is 0.229 e. The van der Waals surface area contributed by atoms with Crippen LogP contribution in [0.4, 0.5) is 28.8 Å². The van der Waals surface area contributed by atoms with Gasteiger partial charge in [0.15, 0.2) is 12.4 Å². The Hall–Kier alpha value is -4.36. The van der Waals surface area contributed by atoms with Gasteiger partial charge in [-0.15, -0.1) is 0 Å². The highest BCUT2D eigenvalue weighted by molar-refractivity contribution is 6.33. The summed E-state index contributed by atoms with van der Waals surface area (Å²) in [5.74, 6) is 0.897. The number of nitrogens with zero attached hydrogens (tertiary/aromatic N) is 4. The van der Waals surface area contributed by atoms with Crippen molar-refractivity contribution in [1.29, 1.82) is 5.26 Å². The Morgan fingerprint density at radius 3 is 2.92 bits per heavy atom. The zero-order valence-electron chi connectivity index (χ0n) is 19.8. The number of halogens is 1. The van der Waals surface area contributed by atoms with Gasteiger partial charge in [0, 0.05) is 37.8 Å². The van der Waals surface area contributed by atoms with Crippen LogP contribution in [0.1, 0.15) is 24.5 Å². The van der Waals surface area contributed by atoms with Crippen LogP contribution < -0.4 is 25.6 Å². The fraction of sp³-hybridized carbons (Fsp3) is 0.240. The van der Waals surface area contributed by atoms with E-state index in [1.807, 2.05) is 43.3 Å². The highest BCUT2D eigenvalue weighted by Gasteiger charge is 2.20. The van der Waals surface area contributed by atoms with Gasteiger partial charge < -0.3 is 25.6 Å². The number of nitrogens with one attached hydrogen (secondary N) is 3. The largest absolute Gasteiger partial charge is 0.477 e. The van der Waals surface area contributed by atoms with Crippen LogP contribution in [-0.2, 0) is 16.1 Å². The van der Waals surface area contributed by atoms with Gasteiger partial charge in [-0.25, -0.2) is 4.98 Å². The summed E-state index contributed by atoms with van der Waals surface area (Å²) in [4.78, 5) is 34.5. The number of aromatic nitrogens is 2. The summed E-state index contributed by atoms with van der Waals surface area (Å²) in [6, 6.07) is 12.9. The van der Waals surface area contributed by atoms with E-state index in [2.05, 4.69) is 25.9 Å². The lowest BCUT2D eigenvalue weighted by Crippen LogP contribution is -2.37. The topological polar surface area (TPSA) is 132 Å². The molecule has 3 N–H and O–H groups in total. The first-order valence-electron chi connectivity index (χ1n) is 11.2. The zero-order valence-corrected chi connectivity index (χ0v) is 20.5. The molecule has 1 aliphatic rings. The second-order valence-electron chi connectivity index (χ2n) is 8.08. The number of amides is 2. The highest BCUT2D eigenvalue weighted by Crippen LogP contribution is 2.34. The standard InChI is InChI=1S/C25H24ClN7O3/c1-15-4-3-5-21(36-11-9-27)23(15)31-24-19(26)14-29-25(32-24)30-18-6-7-20-17(12-18)13-28-22(35)8-10-33(20)16(2)34/h3-7,12,14H,8,10-11,13H2,1-2H3,(H,28,35)(H2,29,30,31,32). The van der Waals surface area contributed by atoms with E-state index in [-0.39, 0.29) is 30.8 Å². The number of aryl methyl sites for hydroxylation is 1. The second kappa shape index (κ2) is 10.9. The number of para-hydroxylation sites is 1. The van der Waals surface area contributed by atoms with Crippen LogP contribution in [0, 0.1) is 18.3 Å². The van der Waals surface area contributed by atoms with Crippen LogP contribution in [0.5, 0.6) is 5.75 Å². The second-order valence-corrected chi connectivity index (χ2v) is 8.48. The molecule has 0 radical (unpaired) electrons. The Bertz CT molecular complexity index is 1360. The molecule has 0 spiro atoms. The van der Waals surface area contributed by atoms with Crippen LogP contribution >= 0.6 is 11.6 Å². The van der Waals surface area contributed by atoms with Crippen molar-refractivity contribution in [2.24, 2.45) is 0 Å². The molecule has 2 aromatic carbocycles. The number of rotatable bonds is 6. The van der Waals surface area contributed by atoms with E-state index in [9.17, 15) is 9.59 Å². The van der Waals surface area contributed by atoms with Crippen molar-refractivity contribution < 1.29 is 14.3 Å². The minimum Gasteiger partial charge on any atom is -0.477 e. The summed E-state index contributed by atoms with van der Waals surface area (Å²) in [6.45, 7) is 3.89. The molecule has 0 unspecified atom stereocenters. The average molecular weight is 506 g/mol. The Kier molecular flexibility index (Phi) is 7.51. The maximum Gasteiger partial charge on any atom is 0.229 e. The Balaban J connectivity index is 1.60. The van der Waals surface area contributed by atoms with E-state index in [1.54, 1.807) is 11.0 Å². The first-order chi connectivity index (χ1) is 17.4. The average Bonchev–Trinajstić information content (AvgIpc) is 2.84. The van der Waals surface area contributed by atoms with E-state index < -0.39 is 0 Å². The first-order valence-corrected chi connectivity index (χ1v) is 11.6. The zero-order chi connectivity index (χ0) is 25.7. The van der Waals surface area contributed by atoms with Crippen molar-refractivity contribution in [3.63, 3.8) is 0 Å². The Morgan fingerprint density at radius 2 is 2.14 bits per heavy atom. The van der Waals surface area contributed by atoms with Crippen LogP contribution in [0.3, 0.4) is 0 Å². The lowest BCUT2D eigenvalue weighted by atomic mass is 10.1. The molecule has 4 rings (SSSR count). The molecule has 0 saturated carbocycles. The molecule has 0 saturated heterocycles. The monoisotopic (exact) mass is 505 g/mol. The molecule has 2 amide bonds. The van der Waals surface area contributed by atoms with Crippen LogP contribution in [0.2, 0.25) is 5.02 Å². The number of nitriles is 1. The van der Waals surface area contributed by atoms with Crippen molar-refractivity contribution in [3.8, 4) is 11.8 Å². The van der Waals surface area contributed by atoms with Gasteiger partial charge in [-0.2, -0.15) is 10.2 Å². The molecule has 3 aromatic rings. The Labute approximate surface area is 213 Å². The third kappa shape index (κ3) is 5.64. The molecule has 36 heavy (non-hydrogen) atoms. The minimum atomic E-state index is -0.127. The van der Waals surface area contributed by atoms with Gasteiger partial charge in [-0.3, -0.25) is 9.59 Å². The van der Waals surface area contributed by atoms with E-state index in [0.717, 1.165) is 16.8 Å². The predicted octanol–water partition coefficient (Wildman–Crippen LogP) is 4.20. The minimum absolute atomic E-state index is 0.0950. The number of carbonyl (C=O) groups excluding carboxylic acids is 2. The third-order valence-corrected chi connectivity index (χ3v) is 5.84. The van der Waals surface area contributed by atoms with Gasteiger partial charge in [-0.1, -0.05) is 23.7 Å². The van der Waals surface area contributed by atoms with E-state index in [1.165, 1.54) is 13.1 Å². The molecule has 0 atom stereocenters. The molecule has 1 aliphatic heterocycles. The van der Waals surface area contributed by atoms with Gasteiger partial charge in [-0.05, 0) is 42.3 Å².